The SMILES string of the molecule is C.S.S.[C-]#[N+]C[C@H]1CN(c2nc(OC[C@@H]3CCCN3C)nc3c2CCN(c2c(C)c(C)cc4[nH]ncc24)C3)CCN1C(=O)C(=C)F. The molecule has 0 radical (unpaired) electrons. The molecule has 2 atom stereocenters. The summed E-state index contributed by atoms with van der Waals surface area (Å²) in [4.78, 5) is 34.2. The Balaban J connectivity index is 0.00000192. The monoisotopic (exact) mass is 671 g/mol. The molecule has 1 N–H and O–H groups in total. The lowest BCUT2D eigenvalue weighted by molar-refractivity contribution is -0.131. The Labute approximate surface area is 284 Å². The van der Waals surface area contributed by atoms with Crippen molar-refractivity contribution in [2.24, 2.45) is 0 Å². The Bertz CT molecular complexity index is 1610. The normalized spacial score (nSPS) is 19.4. The van der Waals surface area contributed by atoms with E-state index in [4.69, 9.17) is 21.3 Å². The molecule has 2 saturated heterocycles. The molecule has 250 valence electrons. The fraction of sp³-hybridized carbons (Fsp3) is 0.531. The van der Waals surface area contributed by atoms with Crippen LogP contribution in [-0.4, -0.2) is 101 Å². The van der Waals surface area contributed by atoms with E-state index < -0.39 is 17.8 Å². The van der Waals surface area contributed by atoms with Crippen LogP contribution in [-0.2, 0) is 17.8 Å². The fourth-order valence-electron chi connectivity index (χ4n) is 6.71. The first-order valence-electron chi connectivity index (χ1n) is 14.9. The van der Waals surface area contributed by atoms with Crippen LogP contribution in [0.15, 0.2) is 24.7 Å². The molecule has 0 aliphatic carbocycles. The number of H-pyrrole nitrogens is 1. The zero-order valence-electron chi connectivity index (χ0n) is 26.1. The molecule has 0 unspecified atom stereocenters. The Morgan fingerprint density at radius 1 is 1.17 bits per heavy atom. The first-order chi connectivity index (χ1) is 20.7. The lowest BCUT2D eigenvalue weighted by atomic mass is 9.99. The van der Waals surface area contributed by atoms with Gasteiger partial charge in [0, 0.05) is 43.2 Å². The van der Waals surface area contributed by atoms with Crippen LogP contribution in [0.25, 0.3) is 15.7 Å². The third-order valence-electron chi connectivity index (χ3n) is 9.22. The highest BCUT2D eigenvalue weighted by Crippen LogP contribution is 2.37. The Kier molecular flexibility index (Phi) is 12.3. The molecule has 1 aromatic carbocycles. The number of rotatable bonds is 7. The number of nitrogens with zero attached hydrogens (tertiary/aromatic N) is 8. The van der Waals surface area contributed by atoms with Crippen molar-refractivity contribution in [3.05, 3.63) is 58.5 Å². The third-order valence-corrected chi connectivity index (χ3v) is 9.22. The van der Waals surface area contributed by atoms with Crippen molar-refractivity contribution in [3.8, 4) is 6.01 Å². The van der Waals surface area contributed by atoms with Gasteiger partial charge in [0.1, 0.15) is 18.5 Å². The van der Waals surface area contributed by atoms with Gasteiger partial charge in [0.05, 0.1) is 29.6 Å². The van der Waals surface area contributed by atoms with E-state index in [9.17, 15) is 9.18 Å². The summed E-state index contributed by atoms with van der Waals surface area (Å²) in [5, 5.41) is 8.51. The van der Waals surface area contributed by atoms with E-state index in [0.717, 1.165) is 66.0 Å². The Hall–Kier alpha value is -3.54. The number of benzene rings is 1. The van der Waals surface area contributed by atoms with E-state index in [1.807, 2.05) is 6.20 Å². The van der Waals surface area contributed by atoms with E-state index in [-0.39, 0.29) is 47.5 Å². The molecular formula is C32H46FN9O2S2. The number of nitrogens with one attached hydrogen (secondary N) is 1. The number of carbonyl (C=O) groups excluding carboxylic acids is 1. The summed E-state index contributed by atoms with van der Waals surface area (Å²) in [5.41, 5.74) is 6.52. The van der Waals surface area contributed by atoms with Crippen molar-refractivity contribution in [1.29, 1.82) is 0 Å². The topological polar surface area (TPSA) is 98.1 Å². The number of aromatic amines is 1. The third kappa shape index (κ3) is 7.06. The molecule has 6 rings (SSSR count). The molecule has 11 nitrogen and oxygen atoms in total. The summed E-state index contributed by atoms with van der Waals surface area (Å²) in [7, 11) is 2.11. The average Bonchev–Trinajstić information content (AvgIpc) is 3.63. The van der Waals surface area contributed by atoms with Crippen molar-refractivity contribution in [2.75, 3.05) is 62.7 Å². The Morgan fingerprint density at radius 2 is 1.96 bits per heavy atom. The highest BCUT2D eigenvalue weighted by Gasteiger charge is 2.36. The van der Waals surface area contributed by atoms with Gasteiger partial charge in [-0.15, -0.1) is 0 Å². The van der Waals surface area contributed by atoms with Gasteiger partial charge in [-0.05, 0) is 63.9 Å². The molecular weight excluding hydrogens is 626 g/mol. The second kappa shape index (κ2) is 15.4. The molecule has 0 bridgehead atoms. The van der Waals surface area contributed by atoms with Gasteiger partial charge in [-0.1, -0.05) is 14.0 Å². The molecule has 1 amide bonds. The van der Waals surface area contributed by atoms with Gasteiger partial charge in [0.15, 0.2) is 5.83 Å². The first kappa shape index (κ1) is 36.9. The number of halogens is 1. The minimum atomic E-state index is -1.01. The van der Waals surface area contributed by atoms with E-state index in [2.05, 4.69) is 63.3 Å². The predicted molar refractivity (Wildman–Crippen MR) is 190 cm³/mol. The van der Waals surface area contributed by atoms with E-state index in [1.165, 1.54) is 16.0 Å². The van der Waals surface area contributed by atoms with Crippen molar-refractivity contribution >= 4 is 55.3 Å². The summed E-state index contributed by atoms with van der Waals surface area (Å²) >= 11 is 0. The van der Waals surface area contributed by atoms with Gasteiger partial charge in [-0.25, -0.2) is 11.0 Å². The smallest absolute Gasteiger partial charge is 0.318 e. The average molecular weight is 672 g/mol. The second-order valence-electron chi connectivity index (χ2n) is 11.9. The molecule has 0 saturated carbocycles. The summed E-state index contributed by atoms with van der Waals surface area (Å²) in [6.45, 7) is 19.0. The van der Waals surface area contributed by atoms with Crippen LogP contribution in [0.4, 0.5) is 15.9 Å². The number of aryl methyl sites for hydroxylation is 1. The first-order valence-corrected chi connectivity index (χ1v) is 14.9. The largest absolute Gasteiger partial charge is 0.462 e. The van der Waals surface area contributed by atoms with Gasteiger partial charge >= 0.3 is 6.01 Å². The predicted octanol–water partition coefficient (Wildman–Crippen LogP) is 4.29. The lowest BCUT2D eigenvalue weighted by Gasteiger charge is -2.41. The highest BCUT2D eigenvalue weighted by atomic mass is 32.1. The number of hydrogen-bond donors (Lipinski definition) is 1. The number of likely N-dealkylation sites (tertiary alicyclic amines) is 1. The number of ether oxygens (including phenoxy) is 1. The van der Waals surface area contributed by atoms with Crippen LogP contribution < -0.4 is 14.5 Å². The minimum absolute atomic E-state index is 0. The number of fused-ring (bicyclic) bond motifs is 2. The van der Waals surface area contributed by atoms with Gasteiger partial charge < -0.3 is 29.2 Å². The molecule has 3 aromatic rings. The Morgan fingerprint density at radius 3 is 2.65 bits per heavy atom. The number of hydrogen-bond acceptors (Lipinski definition) is 8. The molecule has 46 heavy (non-hydrogen) atoms. The second-order valence-corrected chi connectivity index (χ2v) is 11.9. The quantitative estimate of drug-likeness (QED) is 0.294. The van der Waals surface area contributed by atoms with Crippen molar-refractivity contribution in [2.45, 2.75) is 59.2 Å². The number of likely N-dealkylation sites (N-methyl/N-ethyl adjacent to an activating group) is 1. The summed E-state index contributed by atoms with van der Waals surface area (Å²) in [6, 6.07) is 2.31. The number of amides is 1. The van der Waals surface area contributed by atoms with E-state index >= 15 is 0 Å². The van der Waals surface area contributed by atoms with Gasteiger partial charge in [0.2, 0.25) is 6.54 Å². The number of anilines is 2. The van der Waals surface area contributed by atoms with Crippen LogP contribution in [0.3, 0.4) is 0 Å². The molecule has 0 spiro atoms. The van der Waals surface area contributed by atoms with Crippen LogP contribution in [0.5, 0.6) is 6.01 Å². The van der Waals surface area contributed by atoms with Crippen LogP contribution in [0, 0.1) is 20.4 Å². The lowest BCUT2D eigenvalue weighted by Crippen LogP contribution is -2.57. The molecule has 2 aromatic heterocycles. The zero-order chi connectivity index (χ0) is 30.2. The molecule has 14 heteroatoms. The molecule has 3 aliphatic heterocycles. The number of carbonyl (C=O) groups is 1. The molecule has 5 heterocycles. The van der Waals surface area contributed by atoms with Gasteiger partial charge in [-0.2, -0.15) is 42.1 Å². The zero-order valence-corrected chi connectivity index (χ0v) is 28.1. The van der Waals surface area contributed by atoms with Crippen LogP contribution >= 0.6 is 27.0 Å². The van der Waals surface area contributed by atoms with Crippen LogP contribution in [0.2, 0.25) is 0 Å². The summed E-state index contributed by atoms with van der Waals surface area (Å²) < 4.78 is 20.1. The summed E-state index contributed by atoms with van der Waals surface area (Å²) in [6.07, 6.45) is 4.82. The van der Waals surface area contributed by atoms with Crippen molar-refractivity contribution < 1.29 is 13.9 Å². The minimum Gasteiger partial charge on any atom is -0.462 e. The van der Waals surface area contributed by atoms with Crippen LogP contribution in [0.1, 0.15) is 42.7 Å². The van der Waals surface area contributed by atoms with Crippen molar-refractivity contribution in [3.63, 3.8) is 0 Å². The standard InChI is InChI=1S/C31H38FN9O2.CH4.2H2S/c1-19-13-26-25(15-34-37-26)28(20(19)2)39-10-8-24-27(17-39)35-31(43-18-22-7-6-9-38(22)5)36-29(24)40-11-12-41(30(42)21(3)32)23(16-40)14-33-4;;;/h13,15,22-23H,3,6-12,14,16-18H2,1-2,5H3,(H,34,37);1H4;2*1H2/t22-,23-;;;/m0.../s1. The maximum Gasteiger partial charge on any atom is 0.318 e. The fourth-order valence-corrected chi connectivity index (χ4v) is 6.71. The van der Waals surface area contributed by atoms with E-state index in [0.29, 0.717) is 38.3 Å². The van der Waals surface area contributed by atoms with Gasteiger partial charge in [-0.3, -0.25) is 9.89 Å². The maximum atomic E-state index is 13.8. The van der Waals surface area contributed by atoms with Crippen molar-refractivity contribution in [1.82, 2.24) is 30.0 Å². The highest BCUT2D eigenvalue weighted by molar-refractivity contribution is 7.59. The van der Waals surface area contributed by atoms with E-state index in [1.54, 1.807) is 0 Å². The molecule has 2 fully saturated rings. The van der Waals surface area contributed by atoms with Gasteiger partial charge in [0.25, 0.3) is 5.91 Å². The number of piperazine rings is 1. The number of aromatic nitrogens is 4. The summed E-state index contributed by atoms with van der Waals surface area (Å²) in [5.74, 6) is -0.985. The molecule has 3 aliphatic rings. The maximum absolute atomic E-state index is 13.8.